The number of nitrogens with one attached hydrogen (secondary N) is 1. The third-order valence-corrected chi connectivity index (χ3v) is 5.03. The van der Waals surface area contributed by atoms with E-state index in [9.17, 15) is 0 Å². The molecule has 1 aliphatic carbocycles. The van der Waals surface area contributed by atoms with Crippen LogP contribution >= 0.6 is 15.9 Å². The van der Waals surface area contributed by atoms with Gasteiger partial charge in [-0.2, -0.15) is 5.10 Å². The molecule has 0 bridgehead atoms. The molecule has 3 unspecified atom stereocenters. The molecule has 1 heterocycles. The summed E-state index contributed by atoms with van der Waals surface area (Å²) in [5.41, 5.74) is 1.29. The Balaban J connectivity index is 2.18. The molecule has 0 aliphatic heterocycles. The van der Waals surface area contributed by atoms with Gasteiger partial charge in [0.2, 0.25) is 0 Å². The number of halogens is 1. The first kappa shape index (κ1) is 14.1. The van der Waals surface area contributed by atoms with E-state index in [1.54, 1.807) is 0 Å². The second kappa shape index (κ2) is 6.20. The predicted octanol–water partition coefficient (Wildman–Crippen LogP) is 3.66. The van der Waals surface area contributed by atoms with Gasteiger partial charge in [0.25, 0.3) is 0 Å². The second-order valence-corrected chi connectivity index (χ2v) is 6.32. The van der Waals surface area contributed by atoms with Crippen molar-refractivity contribution in [3.8, 4) is 0 Å². The fourth-order valence-corrected chi connectivity index (χ4v) is 3.97. The van der Waals surface area contributed by atoms with E-state index in [0.29, 0.717) is 6.04 Å². The van der Waals surface area contributed by atoms with Crippen LogP contribution in [0.1, 0.15) is 50.8 Å². The zero-order chi connectivity index (χ0) is 13.1. The van der Waals surface area contributed by atoms with Gasteiger partial charge in [-0.3, -0.25) is 4.68 Å². The quantitative estimate of drug-likeness (QED) is 0.919. The van der Waals surface area contributed by atoms with Crippen LogP contribution in [0.4, 0.5) is 0 Å². The highest BCUT2D eigenvalue weighted by Gasteiger charge is 2.30. The van der Waals surface area contributed by atoms with Crippen molar-refractivity contribution >= 4 is 15.9 Å². The Morgan fingerprint density at radius 3 is 2.89 bits per heavy atom. The van der Waals surface area contributed by atoms with E-state index in [2.05, 4.69) is 40.3 Å². The molecule has 102 valence electrons. The third-order valence-electron chi connectivity index (χ3n) is 4.42. The second-order valence-electron chi connectivity index (χ2n) is 5.47. The summed E-state index contributed by atoms with van der Waals surface area (Å²) in [7, 11) is 4.10. The van der Waals surface area contributed by atoms with Crippen LogP contribution in [0.2, 0.25) is 0 Å². The Hall–Kier alpha value is -0.350. The molecule has 0 amide bonds. The van der Waals surface area contributed by atoms with Gasteiger partial charge in [0.15, 0.2) is 0 Å². The maximum Gasteiger partial charge on any atom is 0.0695 e. The van der Waals surface area contributed by atoms with E-state index >= 15 is 0 Å². The molecule has 0 radical (unpaired) electrons. The minimum absolute atomic E-state index is 0.418. The summed E-state index contributed by atoms with van der Waals surface area (Å²) in [5, 5.41) is 7.86. The first-order chi connectivity index (χ1) is 8.67. The zero-order valence-corrected chi connectivity index (χ0v) is 13.2. The van der Waals surface area contributed by atoms with E-state index in [-0.39, 0.29) is 0 Å². The fourth-order valence-electron chi connectivity index (χ4n) is 3.37. The average Bonchev–Trinajstić information content (AvgIpc) is 2.72. The summed E-state index contributed by atoms with van der Waals surface area (Å²) >= 11 is 3.63. The first-order valence-electron chi connectivity index (χ1n) is 7.02. The molecule has 1 fully saturated rings. The lowest BCUT2D eigenvalue weighted by atomic mass is 9.76. The van der Waals surface area contributed by atoms with Crippen LogP contribution in [-0.2, 0) is 7.05 Å². The Morgan fingerprint density at radius 2 is 2.33 bits per heavy atom. The lowest BCUT2D eigenvalue weighted by Crippen LogP contribution is -2.31. The smallest absolute Gasteiger partial charge is 0.0695 e. The van der Waals surface area contributed by atoms with Gasteiger partial charge in [0.05, 0.1) is 22.4 Å². The molecule has 1 aliphatic rings. The molecule has 0 saturated heterocycles. The summed E-state index contributed by atoms with van der Waals surface area (Å²) in [4.78, 5) is 0. The molecule has 3 atom stereocenters. The highest BCUT2D eigenvalue weighted by Crippen LogP contribution is 2.39. The SMILES string of the molecule is CCC1CCCC(C(NC)c2c(Br)cnn2C)C1. The van der Waals surface area contributed by atoms with Gasteiger partial charge in [0, 0.05) is 7.05 Å². The largest absolute Gasteiger partial charge is 0.311 e. The van der Waals surface area contributed by atoms with Crippen molar-refractivity contribution < 1.29 is 0 Å². The van der Waals surface area contributed by atoms with Gasteiger partial charge in [-0.05, 0) is 47.7 Å². The van der Waals surface area contributed by atoms with Crippen molar-refractivity contribution in [1.29, 1.82) is 0 Å². The summed E-state index contributed by atoms with van der Waals surface area (Å²) in [5.74, 6) is 1.65. The monoisotopic (exact) mass is 313 g/mol. The highest BCUT2D eigenvalue weighted by atomic mass is 79.9. The van der Waals surface area contributed by atoms with Gasteiger partial charge in [-0.1, -0.05) is 26.2 Å². The van der Waals surface area contributed by atoms with Crippen molar-refractivity contribution in [3.05, 3.63) is 16.4 Å². The molecule has 1 aromatic rings. The van der Waals surface area contributed by atoms with Crippen molar-refractivity contribution in [2.75, 3.05) is 7.05 Å². The van der Waals surface area contributed by atoms with E-state index in [0.717, 1.165) is 16.3 Å². The van der Waals surface area contributed by atoms with E-state index in [4.69, 9.17) is 0 Å². The van der Waals surface area contributed by atoms with Gasteiger partial charge in [-0.15, -0.1) is 0 Å². The number of rotatable bonds is 4. The number of hydrogen-bond acceptors (Lipinski definition) is 2. The maximum absolute atomic E-state index is 4.35. The fraction of sp³-hybridized carbons (Fsp3) is 0.786. The Bertz CT molecular complexity index is 369. The van der Waals surface area contributed by atoms with Crippen molar-refractivity contribution in [3.63, 3.8) is 0 Å². The Kier molecular flexibility index (Phi) is 4.84. The number of aryl methyl sites for hydroxylation is 1. The predicted molar refractivity (Wildman–Crippen MR) is 78.4 cm³/mol. The number of nitrogens with zero attached hydrogens (tertiary/aromatic N) is 2. The molecule has 18 heavy (non-hydrogen) atoms. The van der Waals surface area contributed by atoms with Crippen LogP contribution in [0.3, 0.4) is 0 Å². The lowest BCUT2D eigenvalue weighted by molar-refractivity contribution is 0.209. The molecule has 3 nitrogen and oxygen atoms in total. The van der Waals surface area contributed by atoms with Crippen LogP contribution in [0.15, 0.2) is 10.7 Å². The van der Waals surface area contributed by atoms with Crippen LogP contribution in [-0.4, -0.2) is 16.8 Å². The normalized spacial score (nSPS) is 26.2. The summed E-state index contributed by atoms with van der Waals surface area (Å²) in [6.07, 6.45) is 8.69. The summed E-state index contributed by atoms with van der Waals surface area (Å²) in [6, 6.07) is 0.418. The summed E-state index contributed by atoms with van der Waals surface area (Å²) in [6.45, 7) is 2.32. The maximum atomic E-state index is 4.35. The molecule has 0 spiro atoms. The van der Waals surface area contributed by atoms with Crippen LogP contribution in [0.5, 0.6) is 0 Å². The Morgan fingerprint density at radius 1 is 1.56 bits per heavy atom. The molecule has 0 aromatic carbocycles. The molecule has 1 saturated carbocycles. The third kappa shape index (κ3) is 2.80. The standard InChI is InChI=1S/C14H24BrN3/c1-4-10-6-5-7-11(8-10)13(16-2)14-12(15)9-17-18(14)3/h9-11,13,16H,4-8H2,1-3H3. The molecular weight excluding hydrogens is 290 g/mol. The lowest BCUT2D eigenvalue weighted by Gasteiger charge is -2.34. The van der Waals surface area contributed by atoms with Gasteiger partial charge >= 0.3 is 0 Å². The molecular formula is C14H24BrN3. The number of aromatic nitrogens is 2. The Labute approximate surface area is 118 Å². The van der Waals surface area contributed by atoms with Gasteiger partial charge in [0.1, 0.15) is 0 Å². The highest BCUT2D eigenvalue weighted by molar-refractivity contribution is 9.10. The molecule has 2 rings (SSSR count). The molecule has 1 N–H and O–H groups in total. The zero-order valence-electron chi connectivity index (χ0n) is 11.6. The van der Waals surface area contributed by atoms with E-state index in [1.807, 2.05) is 17.9 Å². The minimum Gasteiger partial charge on any atom is -0.311 e. The van der Waals surface area contributed by atoms with Crippen molar-refractivity contribution in [2.45, 2.75) is 45.1 Å². The minimum atomic E-state index is 0.418. The first-order valence-corrected chi connectivity index (χ1v) is 7.81. The van der Waals surface area contributed by atoms with Crippen molar-refractivity contribution in [2.24, 2.45) is 18.9 Å². The van der Waals surface area contributed by atoms with E-state index in [1.165, 1.54) is 37.8 Å². The van der Waals surface area contributed by atoms with Crippen molar-refractivity contribution in [1.82, 2.24) is 15.1 Å². The average molecular weight is 314 g/mol. The van der Waals surface area contributed by atoms with Gasteiger partial charge in [-0.25, -0.2) is 0 Å². The van der Waals surface area contributed by atoms with Crippen LogP contribution in [0, 0.1) is 11.8 Å². The van der Waals surface area contributed by atoms with Crippen LogP contribution < -0.4 is 5.32 Å². The van der Waals surface area contributed by atoms with E-state index < -0.39 is 0 Å². The van der Waals surface area contributed by atoms with Crippen LogP contribution in [0.25, 0.3) is 0 Å². The number of hydrogen-bond donors (Lipinski definition) is 1. The summed E-state index contributed by atoms with van der Waals surface area (Å²) < 4.78 is 3.13. The molecule has 4 heteroatoms. The van der Waals surface area contributed by atoms with Gasteiger partial charge < -0.3 is 5.32 Å². The molecule has 1 aromatic heterocycles. The topological polar surface area (TPSA) is 29.9 Å².